The fourth-order valence-corrected chi connectivity index (χ4v) is 4.27. The number of thiophene rings is 1. The van der Waals surface area contributed by atoms with Crippen LogP contribution in [-0.2, 0) is 17.8 Å². The predicted molar refractivity (Wildman–Crippen MR) is 117 cm³/mol. The first kappa shape index (κ1) is 23.6. The minimum atomic E-state index is -5.08. The Hall–Kier alpha value is -3.58. The number of hydrogen-bond acceptors (Lipinski definition) is 8. The number of aryl methyl sites for hydroxylation is 2. The van der Waals surface area contributed by atoms with Gasteiger partial charge in [0.05, 0.1) is 10.6 Å². The maximum Gasteiger partial charge on any atom is 0.490 e. The van der Waals surface area contributed by atoms with Gasteiger partial charge in [0.1, 0.15) is 0 Å². The van der Waals surface area contributed by atoms with Crippen LogP contribution in [0.25, 0.3) is 33.5 Å². The molecule has 0 fully saturated rings. The molecule has 0 spiro atoms. The summed E-state index contributed by atoms with van der Waals surface area (Å²) in [6.45, 7) is 5.84. The minimum absolute atomic E-state index is 0.409. The van der Waals surface area contributed by atoms with E-state index in [4.69, 9.17) is 14.4 Å². The molecule has 0 aromatic carbocycles. The van der Waals surface area contributed by atoms with Crippen molar-refractivity contribution in [2.45, 2.75) is 33.0 Å². The Morgan fingerprint density at radius 3 is 2.71 bits per heavy atom. The van der Waals surface area contributed by atoms with Gasteiger partial charge >= 0.3 is 12.1 Å². The number of carboxylic acid groups (broad SMARTS) is 1. The van der Waals surface area contributed by atoms with E-state index in [0.29, 0.717) is 17.4 Å². The van der Waals surface area contributed by atoms with E-state index in [-0.39, 0.29) is 0 Å². The van der Waals surface area contributed by atoms with E-state index >= 15 is 0 Å². The third-order valence-electron chi connectivity index (χ3n) is 5.03. The number of fused-ring (bicyclic) bond motifs is 1. The molecule has 4 aromatic heterocycles. The SMILES string of the molecule is Cc1ccc(-c2cc(-c3nc(-c4c(C)ncc5c4CCNC5)no3)n[nH]2)s1.O=C(O)C(F)(F)F. The summed E-state index contributed by atoms with van der Waals surface area (Å²) in [5.41, 5.74) is 5.94. The summed E-state index contributed by atoms with van der Waals surface area (Å²) in [6.07, 6.45) is -2.22. The smallest absolute Gasteiger partial charge is 0.475 e. The van der Waals surface area contributed by atoms with E-state index in [2.05, 4.69) is 49.7 Å². The Kier molecular flexibility index (Phi) is 6.48. The van der Waals surface area contributed by atoms with Gasteiger partial charge in [-0.3, -0.25) is 10.1 Å². The molecule has 0 unspecified atom stereocenters. The second kappa shape index (κ2) is 9.35. The lowest BCUT2D eigenvalue weighted by Gasteiger charge is -2.19. The van der Waals surface area contributed by atoms with Crippen molar-refractivity contribution in [3.8, 4) is 33.5 Å². The molecule has 0 atom stereocenters. The highest BCUT2D eigenvalue weighted by atomic mass is 32.1. The Bertz CT molecular complexity index is 1330. The van der Waals surface area contributed by atoms with Crippen LogP contribution in [0.4, 0.5) is 13.2 Å². The van der Waals surface area contributed by atoms with Crippen molar-refractivity contribution in [3.05, 3.63) is 46.1 Å². The second-order valence-corrected chi connectivity index (χ2v) is 8.74. The number of hydrogen-bond donors (Lipinski definition) is 3. The molecule has 0 amide bonds. The maximum absolute atomic E-state index is 10.6. The molecule has 4 aromatic rings. The molecule has 3 N–H and O–H groups in total. The van der Waals surface area contributed by atoms with Gasteiger partial charge in [-0.25, -0.2) is 4.79 Å². The Morgan fingerprint density at radius 2 is 2.03 bits per heavy atom. The molecule has 0 saturated carbocycles. The van der Waals surface area contributed by atoms with Crippen LogP contribution < -0.4 is 5.32 Å². The quantitative estimate of drug-likeness (QED) is 0.389. The minimum Gasteiger partial charge on any atom is -0.475 e. The first-order chi connectivity index (χ1) is 16.1. The molecular weight excluding hydrogens is 473 g/mol. The molecule has 34 heavy (non-hydrogen) atoms. The lowest BCUT2D eigenvalue weighted by molar-refractivity contribution is -0.192. The summed E-state index contributed by atoms with van der Waals surface area (Å²) in [6, 6.07) is 6.11. The number of aromatic nitrogens is 5. The Labute approximate surface area is 195 Å². The van der Waals surface area contributed by atoms with E-state index in [1.165, 1.54) is 16.0 Å². The summed E-state index contributed by atoms with van der Waals surface area (Å²) >= 11 is 1.72. The number of carbonyl (C=O) groups is 1. The second-order valence-electron chi connectivity index (χ2n) is 7.45. The van der Waals surface area contributed by atoms with Crippen LogP contribution in [-0.4, -0.2) is 49.1 Å². The van der Waals surface area contributed by atoms with Gasteiger partial charge in [-0.1, -0.05) is 5.16 Å². The zero-order valence-corrected chi connectivity index (χ0v) is 18.8. The molecule has 178 valence electrons. The molecule has 13 heteroatoms. The van der Waals surface area contributed by atoms with Crippen molar-refractivity contribution in [1.29, 1.82) is 0 Å². The third kappa shape index (κ3) is 4.99. The van der Waals surface area contributed by atoms with Gasteiger partial charge in [-0.2, -0.15) is 23.3 Å². The summed E-state index contributed by atoms with van der Waals surface area (Å²) in [5.74, 6) is -1.77. The Balaban J connectivity index is 0.000000344. The number of carboxylic acids is 1. The van der Waals surface area contributed by atoms with Gasteiger partial charge in [0, 0.05) is 28.9 Å². The summed E-state index contributed by atoms with van der Waals surface area (Å²) in [4.78, 5) is 20.4. The van der Waals surface area contributed by atoms with Crippen molar-refractivity contribution < 1.29 is 27.6 Å². The molecule has 0 saturated heterocycles. The molecule has 0 bridgehead atoms. The van der Waals surface area contributed by atoms with E-state index in [1.54, 1.807) is 11.3 Å². The Morgan fingerprint density at radius 1 is 1.26 bits per heavy atom. The molecule has 5 heterocycles. The van der Waals surface area contributed by atoms with Crippen molar-refractivity contribution >= 4 is 17.3 Å². The molecular formula is C21H19F3N6O3S. The number of pyridine rings is 1. The molecule has 5 rings (SSSR count). The van der Waals surface area contributed by atoms with Crippen LogP contribution in [0, 0.1) is 13.8 Å². The zero-order valence-electron chi connectivity index (χ0n) is 18.0. The largest absolute Gasteiger partial charge is 0.490 e. The van der Waals surface area contributed by atoms with Crippen LogP contribution in [0.5, 0.6) is 0 Å². The van der Waals surface area contributed by atoms with Gasteiger partial charge in [0.25, 0.3) is 5.89 Å². The molecule has 1 aliphatic heterocycles. The number of halogens is 3. The third-order valence-corrected chi connectivity index (χ3v) is 6.06. The number of aliphatic carboxylic acids is 1. The first-order valence-electron chi connectivity index (χ1n) is 10.1. The number of nitrogens with zero attached hydrogens (tertiary/aromatic N) is 4. The number of aromatic amines is 1. The van der Waals surface area contributed by atoms with Crippen molar-refractivity contribution in [1.82, 2.24) is 30.6 Å². The highest BCUT2D eigenvalue weighted by Gasteiger charge is 2.38. The van der Waals surface area contributed by atoms with Crippen LogP contribution >= 0.6 is 11.3 Å². The average molecular weight is 492 g/mol. The molecule has 0 radical (unpaired) electrons. The standard InChI is InChI=1S/C19H18N6OS.C2HF3O2/c1-10-3-4-16(27-10)14-7-15(24-23-14)19-22-18(25-26-19)17-11(2)21-9-12-8-20-6-5-13(12)17;3-2(4,5)1(6)7/h3-4,7,9,20H,5-6,8H2,1-2H3,(H,23,24);(H,6,7). The lowest BCUT2D eigenvalue weighted by Crippen LogP contribution is -2.24. The fourth-order valence-electron chi connectivity index (χ4n) is 3.43. The monoisotopic (exact) mass is 492 g/mol. The predicted octanol–water partition coefficient (Wildman–Crippen LogP) is 4.15. The first-order valence-corrected chi connectivity index (χ1v) is 10.9. The molecule has 1 aliphatic rings. The number of H-pyrrole nitrogens is 1. The average Bonchev–Trinajstić information content (AvgIpc) is 3.54. The number of alkyl halides is 3. The van der Waals surface area contributed by atoms with Gasteiger partial charge in [-0.05, 0) is 56.1 Å². The van der Waals surface area contributed by atoms with Crippen LogP contribution in [0.15, 0.2) is 28.9 Å². The van der Waals surface area contributed by atoms with Crippen molar-refractivity contribution in [2.24, 2.45) is 0 Å². The summed E-state index contributed by atoms with van der Waals surface area (Å²) < 4.78 is 37.3. The number of rotatable bonds is 3. The maximum atomic E-state index is 10.6. The van der Waals surface area contributed by atoms with Crippen LogP contribution in [0.2, 0.25) is 0 Å². The zero-order chi connectivity index (χ0) is 24.5. The van der Waals surface area contributed by atoms with Crippen molar-refractivity contribution in [3.63, 3.8) is 0 Å². The highest BCUT2D eigenvalue weighted by Crippen LogP contribution is 2.32. The van der Waals surface area contributed by atoms with Gasteiger partial charge < -0.3 is 14.9 Å². The number of nitrogens with one attached hydrogen (secondary N) is 2. The van der Waals surface area contributed by atoms with Gasteiger partial charge in [0.2, 0.25) is 5.82 Å². The van der Waals surface area contributed by atoms with Gasteiger partial charge in [-0.15, -0.1) is 11.3 Å². The van der Waals surface area contributed by atoms with E-state index in [1.807, 2.05) is 19.2 Å². The van der Waals surface area contributed by atoms with Gasteiger partial charge in [0.15, 0.2) is 5.69 Å². The summed E-state index contributed by atoms with van der Waals surface area (Å²) in [5, 5.41) is 22.1. The highest BCUT2D eigenvalue weighted by molar-refractivity contribution is 7.15. The van der Waals surface area contributed by atoms with E-state index < -0.39 is 12.1 Å². The normalized spacial score (nSPS) is 13.2. The van der Waals surface area contributed by atoms with Crippen molar-refractivity contribution in [2.75, 3.05) is 6.54 Å². The van der Waals surface area contributed by atoms with E-state index in [0.717, 1.165) is 41.3 Å². The molecule has 9 nitrogen and oxygen atoms in total. The fraction of sp³-hybridized carbons (Fsp3) is 0.286. The van der Waals surface area contributed by atoms with Crippen LogP contribution in [0.3, 0.4) is 0 Å². The molecule has 0 aliphatic carbocycles. The lowest BCUT2D eigenvalue weighted by atomic mass is 9.95. The van der Waals surface area contributed by atoms with Crippen LogP contribution in [0.1, 0.15) is 21.7 Å². The topological polar surface area (TPSA) is 130 Å². The van der Waals surface area contributed by atoms with E-state index in [9.17, 15) is 13.2 Å². The summed E-state index contributed by atoms with van der Waals surface area (Å²) in [7, 11) is 0.